The number of fused-ring (bicyclic) bond motifs is 1. The van der Waals surface area contributed by atoms with Gasteiger partial charge in [-0.25, -0.2) is 4.39 Å². The number of piperazine rings is 1. The molecule has 3 aromatic rings. The summed E-state index contributed by atoms with van der Waals surface area (Å²) < 4.78 is 24.4. The molecule has 2 aromatic carbocycles. The van der Waals surface area contributed by atoms with Crippen LogP contribution in [0.2, 0.25) is 0 Å². The van der Waals surface area contributed by atoms with E-state index in [-0.39, 0.29) is 5.82 Å². The van der Waals surface area contributed by atoms with Crippen LogP contribution in [0.3, 0.4) is 0 Å². The van der Waals surface area contributed by atoms with Crippen molar-refractivity contribution in [1.29, 1.82) is 0 Å². The van der Waals surface area contributed by atoms with Crippen molar-refractivity contribution < 1.29 is 13.9 Å². The summed E-state index contributed by atoms with van der Waals surface area (Å²) in [4.78, 5) is 4.74. The van der Waals surface area contributed by atoms with Crippen LogP contribution in [0, 0.1) is 11.9 Å². The molecule has 0 amide bonds. The molecule has 0 unspecified atom stereocenters. The second kappa shape index (κ2) is 9.13. The van der Waals surface area contributed by atoms with E-state index in [1.54, 1.807) is 13.2 Å². The van der Waals surface area contributed by atoms with Gasteiger partial charge in [-0.2, -0.15) is 5.10 Å². The Labute approximate surface area is 170 Å². The average Bonchev–Trinajstić information content (AvgIpc) is 3.17. The quantitative estimate of drug-likeness (QED) is 0.590. The van der Waals surface area contributed by atoms with E-state index in [0.717, 1.165) is 68.0 Å². The molecule has 4 rings (SSSR count). The van der Waals surface area contributed by atoms with Crippen LogP contribution in [0.15, 0.2) is 36.4 Å². The van der Waals surface area contributed by atoms with Gasteiger partial charge in [0.15, 0.2) is 17.3 Å². The SMILES string of the molecule is COc1ccc[c]c1OCCCCN1CCN(c2n[nH]c3cc(F)ccc23)CC1. The molecule has 29 heavy (non-hydrogen) atoms. The van der Waals surface area contributed by atoms with Gasteiger partial charge in [0.1, 0.15) is 5.82 Å². The maximum absolute atomic E-state index is 13.4. The van der Waals surface area contributed by atoms with Gasteiger partial charge in [-0.15, -0.1) is 0 Å². The second-order valence-electron chi connectivity index (χ2n) is 7.19. The number of anilines is 1. The fourth-order valence-corrected chi connectivity index (χ4v) is 3.69. The lowest BCUT2D eigenvalue weighted by Gasteiger charge is -2.35. The highest BCUT2D eigenvalue weighted by Gasteiger charge is 2.20. The van der Waals surface area contributed by atoms with Crippen LogP contribution in [-0.4, -0.2) is 61.5 Å². The van der Waals surface area contributed by atoms with Gasteiger partial charge >= 0.3 is 0 Å². The number of ether oxygens (including phenoxy) is 2. The molecule has 6 nitrogen and oxygen atoms in total. The Balaban J connectivity index is 1.19. The third-order valence-corrected chi connectivity index (χ3v) is 5.29. The smallest absolute Gasteiger partial charge is 0.169 e. The number of rotatable bonds is 8. The minimum absolute atomic E-state index is 0.245. The predicted molar refractivity (Wildman–Crippen MR) is 111 cm³/mol. The minimum atomic E-state index is -0.245. The third-order valence-electron chi connectivity index (χ3n) is 5.29. The molecule has 1 aliphatic rings. The van der Waals surface area contributed by atoms with Gasteiger partial charge in [-0.1, -0.05) is 12.1 Å². The lowest BCUT2D eigenvalue weighted by molar-refractivity contribution is 0.235. The van der Waals surface area contributed by atoms with Crippen molar-refractivity contribution in [3.8, 4) is 11.5 Å². The van der Waals surface area contributed by atoms with E-state index in [4.69, 9.17) is 9.47 Å². The van der Waals surface area contributed by atoms with E-state index in [0.29, 0.717) is 12.4 Å². The van der Waals surface area contributed by atoms with Crippen LogP contribution >= 0.6 is 0 Å². The first kappa shape index (κ1) is 19.5. The van der Waals surface area contributed by atoms with Gasteiger partial charge in [0, 0.05) is 37.6 Å². The first-order valence-electron chi connectivity index (χ1n) is 10.0. The fourth-order valence-electron chi connectivity index (χ4n) is 3.69. The third kappa shape index (κ3) is 4.62. The summed E-state index contributed by atoms with van der Waals surface area (Å²) in [5.74, 6) is 2.07. The fraction of sp³-hybridized carbons (Fsp3) is 0.409. The number of hydrogen-bond acceptors (Lipinski definition) is 5. The zero-order chi connectivity index (χ0) is 20.1. The number of nitrogens with zero attached hydrogens (tertiary/aromatic N) is 3. The molecule has 0 bridgehead atoms. The Bertz CT molecular complexity index is 937. The van der Waals surface area contributed by atoms with Crippen LogP contribution in [0.4, 0.5) is 10.2 Å². The number of halogens is 1. The van der Waals surface area contributed by atoms with Gasteiger partial charge in [-0.3, -0.25) is 10.00 Å². The van der Waals surface area contributed by atoms with Gasteiger partial charge in [-0.05, 0) is 43.7 Å². The maximum Gasteiger partial charge on any atom is 0.169 e. The summed E-state index contributed by atoms with van der Waals surface area (Å²) in [5, 5.41) is 8.31. The summed E-state index contributed by atoms with van der Waals surface area (Å²) in [6.45, 7) is 5.55. The summed E-state index contributed by atoms with van der Waals surface area (Å²) in [5.41, 5.74) is 0.745. The van der Waals surface area contributed by atoms with E-state index in [1.807, 2.05) is 18.2 Å². The second-order valence-corrected chi connectivity index (χ2v) is 7.19. The number of unbranched alkanes of at least 4 members (excludes halogenated alkanes) is 1. The van der Waals surface area contributed by atoms with E-state index in [9.17, 15) is 4.39 Å². The Morgan fingerprint density at radius 2 is 2.03 bits per heavy atom. The summed E-state index contributed by atoms with van der Waals surface area (Å²) in [7, 11) is 1.64. The van der Waals surface area contributed by atoms with Gasteiger partial charge in [0.05, 0.1) is 19.2 Å². The summed E-state index contributed by atoms with van der Waals surface area (Å²) in [6.07, 6.45) is 2.07. The highest BCUT2D eigenvalue weighted by atomic mass is 19.1. The number of para-hydroxylation sites is 1. The molecular formula is C22H26FN4O2. The molecule has 0 atom stereocenters. The monoisotopic (exact) mass is 397 g/mol. The normalized spacial score (nSPS) is 15.0. The Morgan fingerprint density at radius 3 is 2.86 bits per heavy atom. The lowest BCUT2D eigenvalue weighted by atomic mass is 10.2. The number of aromatic amines is 1. The van der Waals surface area contributed by atoms with Crippen molar-refractivity contribution >= 4 is 16.7 Å². The molecule has 1 fully saturated rings. The van der Waals surface area contributed by atoms with Crippen molar-refractivity contribution in [3.05, 3.63) is 48.3 Å². The number of H-pyrrole nitrogens is 1. The average molecular weight is 397 g/mol. The molecule has 7 heteroatoms. The first-order chi connectivity index (χ1) is 14.2. The van der Waals surface area contributed by atoms with E-state index < -0.39 is 0 Å². The molecule has 2 heterocycles. The van der Waals surface area contributed by atoms with Crippen molar-refractivity contribution in [3.63, 3.8) is 0 Å². The summed E-state index contributed by atoms with van der Waals surface area (Å²) >= 11 is 0. The largest absolute Gasteiger partial charge is 0.493 e. The zero-order valence-corrected chi connectivity index (χ0v) is 16.7. The van der Waals surface area contributed by atoms with Crippen molar-refractivity contribution in [1.82, 2.24) is 15.1 Å². The Morgan fingerprint density at radius 1 is 1.17 bits per heavy atom. The van der Waals surface area contributed by atoms with Crippen LogP contribution in [0.5, 0.6) is 11.5 Å². The molecule has 153 valence electrons. The van der Waals surface area contributed by atoms with Crippen LogP contribution in [-0.2, 0) is 0 Å². The molecule has 1 saturated heterocycles. The van der Waals surface area contributed by atoms with E-state index >= 15 is 0 Å². The number of hydrogen-bond donors (Lipinski definition) is 1. The number of nitrogens with one attached hydrogen (secondary N) is 1. The molecule has 0 spiro atoms. The maximum atomic E-state index is 13.4. The standard InChI is InChI=1S/C22H26FN4O2/c1-28-20-6-2-3-7-21(20)29-15-5-4-10-26-11-13-27(14-12-26)22-18-9-8-17(23)16-19(18)24-25-22/h2-3,6,8-9,16H,4-5,10-15H2,1H3,(H,24,25). The van der Waals surface area contributed by atoms with Crippen molar-refractivity contribution in [2.45, 2.75) is 12.8 Å². The molecular weight excluding hydrogens is 371 g/mol. The van der Waals surface area contributed by atoms with Crippen LogP contribution in [0.25, 0.3) is 10.9 Å². The lowest BCUT2D eigenvalue weighted by Crippen LogP contribution is -2.46. The van der Waals surface area contributed by atoms with Crippen LogP contribution in [0.1, 0.15) is 12.8 Å². The molecule has 1 aromatic heterocycles. The first-order valence-corrected chi connectivity index (χ1v) is 10.0. The molecule has 1 radical (unpaired) electrons. The highest BCUT2D eigenvalue weighted by molar-refractivity contribution is 5.90. The number of aromatic nitrogens is 2. The minimum Gasteiger partial charge on any atom is -0.493 e. The van der Waals surface area contributed by atoms with Crippen molar-refractivity contribution in [2.75, 3.05) is 51.3 Å². The van der Waals surface area contributed by atoms with E-state index in [1.165, 1.54) is 12.1 Å². The van der Waals surface area contributed by atoms with Gasteiger partial charge in [0.25, 0.3) is 0 Å². The molecule has 1 aliphatic heterocycles. The Hall–Kier alpha value is -2.80. The molecule has 0 aliphatic carbocycles. The van der Waals surface area contributed by atoms with E-state index in [2.05, 4.69) is 26.1 Å². The highest BCUT2D eigenvalue weighted by Crippen LogP contribution is 2.26. The van der Waals surface area contributed by atoms with Crippen molar-refractivity contribution in [2.24, 2.45) is 0 Å². The predicted octanol–water partition coefficient (Wildman–Crippen LogP) is 3.49. The van der Waals surface area contributed by atoms with Gasteiger partial charge in [0.2, 0.25) is 0 Å². The summed E-state index contributed by atoms with van der Waals surface area (Å²) in [6, 6.07) is 13.4. The Kier molecular flexibility index (Phi) is 6.14. The van der Waals surface area contributed by atoms with Crippen LogP contribution < -0.4 is 14.4 Å². The molecule has 1 N–H and O–H groups in total. The molecule has 0 saturated carbocycles. The topological polar surface area (TPSA) is 53.6 Å². The van der Waals surface area contributed by atoms with Gasteiger partial charge < -0.3 is 14.4 Å². The number of methoxy groups -OCH3 is 1. The zero-order valence-electron chi connectivity index (χ0n) is 16.7. The number of benzene rings is 2.